The lowest BCUT2D eigenvalue weighted by atomic mass is 10.1. The lowest BCUT2D eigenvalue weighted by molar-refractivity contribution is -0.112. The van der Waals surface area contributed by atoms with Crippen molar-refractivity contribution < 1.29 is 14.3 Å². The number of ether oxygens (including phenoxy) is 1. The fourth-order valence-electron chi connectivity index (χ4n) is 2.86. The van der Waals surface area contributed by atoms with Crippen LogP contribution in [0.1, 0.15) is 15.9 Å². The highest BCUT2D eigenvalue weighted by atomic mass is 16.5. The van der Waals surface area contributed by atoms with Gasteiger partial charge in [0.25, 0.3) is 11.7 Å². The molecule has 2 heterocycles. The van der Waals surface area contributed by atoms with Crippen LogP contribution in [0, 0.1) is 0 Å². The van der Waals surface area contributed by atoms with Crippen LogP contribution >= 0.6 is 0 Å². The van der Waals surface area contributed by atoms with Gasteiger partial charge < -0.3 is 15.0 Å². The van der Waals surface area contributed by atoms with Crippen molar-refractivity contribution >= 4 is 28.3 Å². The summed E-state index contributed by atoms with van der Waals surface area (Å²) in [4.78, 5) is 31.9. The molecule has 138 valence electrons. The molecular formula is C22H17N3O3. The lowest BCUT2D eigenvalue weighted by Gasteiger charge is -2.07. The molecule has 6 nitrogen and oxygen atoms in total. The highest BCUT2D eigenvalue weighted by Gasteiger charge is 2.20. The summed E-state index contributed by atoms with van der Waals surface area (Å²) >= 11 is 0. The van der Waals surface area contributed by atoms with Gasteiger partial charge in [-0.2, -0.15) is 0 Å². The summed E-state index contributed by atoms with van der Waals surface area (Å²) in [7, 11) is 0. The minimum Gasteiger partial charge on any atom is -0.489 e. The number of nitrogens with zero attached hydrogens (tertiary/aromatic N) is 1. The van der Waals surface area contributed by atoms with Gasteiger partial charge in [0.15, 0.2) is 0 Å². The third kappa shape index (κ3) is 3.76. The Morgan fingerprint density at radius 2 is 1.79 bits per heavy atom. The molecule has 0 aliphatic rings. The average Bonchev–Trinajstić information content (AvgIpc) is 3.16. The van der Waals surface area contributed by atoms with Gasteiger partial charge >= 0.3 is 0 Å². The zero-order valence-electron chi connectivity index (χ0n) is 14.9. The largest absolute Gasteiger partial charge is 0.489 e. The number of hydrogen-bond acceptors (Lipinski definition) is 4. The van der Waals surface area contributed by atoms with E-state index in [0.29, 0.717) is 29.0 Å². The molecule has 0 saturated heterocycles. The number of H-pyrrole nitrogens is 1. The first-order valence-corrected chi connectivity index (χ1v) is 8.74. The van der Waals surface area contributed by atoms with Gasteiger partial charge in [0.2, 0.25) is 0 Å². The first-order chi connectivity index (χ1) is 13.7. The van der Waals surface area contributed by atoms with E-state index in [-0.39, 0.29) is 0 Å². The molecule has 0 fully saturated rings. The number of Topliss-reactive ketones (excluding diaryl/α,β-unsaturated/α-hetero) is 1. The van der Waals surface area contributed by atoms with E-state index in [1.165, 1.54) is 0 Å². The Kier molecular flexibility index (Phi) is 4.84. The highest BCUT2D eigenvalue weighted by Crippen LogP contribution is 2.25. The van der Waals surface area contributed by atoms with Crippen LogP contribution in [0.2, 0.25) is 0 Å². The van der Waals surface area contributed by atoms with Crippen molar-refractivity contribution in [1.29, 1.82) is 0 Å². The third-order valence-corrected chi connectivity index (χ3v) is 4.29. The number of anilines is 1. The van der Waals surface area contributed by atoms with E-state index < -0.39 is 11.7 Å². The summed E-state index contributed by atoms with van der Waals surface area (Å²) in [5.74, 6) is -0.703. The molecule has 0 spiro atoms. The first-order valence-electron chi connectivity index (χ1n) is 8.74. The maximum atomic E-state index is 12.6. The van der Waals surface area contributed by atoms with Gasteiger partial charge in [-0.3, -0.25) is 14.6 Å². The van der Waals surface area contributed by atoms with Crippen molar-refractivity contribution in [3.63, 3.8) is 0 Å². The number of aromatic nitrogens is 2. The molecule has 28 heavy (non-hydrogen) atoms. The number of carbonyl (C=O) groups excluding carboxylic acids is 2. The molecule has 4 aromatic rings. The van der Waals surface area contributed by atoms with Crippen molar-refractivity contribution in [2.24, 2.45) is 0 Å². The number of pyridine rings is 1. The van der Waals surface area contributed by atoms with Crippen LogP contribution in [0.15, 0.2) is 79.3 Å². The van der Waals surface area contributed by atoms with E-state index in [0.717, 1.165) is 11.1 Å². The second-order valence-corrected chi connectivity index (χ2v) is 6.20. The van der Waals surface area contributed by atoms with E-state index in [4.69, 9.17) is 4.74 Å². The lowest BCUT2D eigenvalue weighted by Crippen LogP contribution is -2.22. The number of hydrogen-bond donors (Lipinski definition) is 2. The fourth-order valence-corrected chi connectivity index (χ4v) is 2.86. The molecule has 0 atom stereocenters. The molecule has 1 amide bonds. The van der Waals surface area contributed by atoms with Crippen molar-refractivity contribution in [1.82, 2.24) is 9.97 Å². The van der Waals surface area contributed by atoms with Gasteiger partial charge in [0.1, 0.15) is 12.4 Å². The number of carbonyl (C=O) groups is 2. The molecule has 0 aliphatic heterocycles. The van der Waals surface area contributed by atoms with Crippen LogP contribution in [0.5, 0.6) is 5.75 Å². The fraction of sp³-hybridized carbons (Fsp3) is 0.0455. The molecular weight excluding hydrogens is 354 g/mol. The van der Waals surface area contributed by atoms with E-state index in [1.54, 1.807) is 36.8 Å². The van der Waals surface area contributed by atoms with E-state index >= 15 is 0 Å². The molecule has 6 heteroatoms. The molecule has 2 aromatic heterocycles. The van der Waals surface area contributed by atoms with Gasteiger partial charge in [-0.05, 0) is 35.9 Å². The maximum absolute atomic E-state index is 12.6. The Labute approximate surface area is 161 Å². The summed E-state index contributed by atoms with van der Waals surface area (Å²) in [6.45, 7) is 0.419. The minimum absolute atomic E-state index is 0.298. The zero-order valence-corrected chi connectivity index (χ0v) is 14.9. The van der Waals surface area contributed by atoms with Crippen molar-refractivity contribution in [3.8, 4) is 5.75 Å². The molecule has 4 rings (SSSR count). The smallest absolute Gasteiger partial charge is 0.296 e. The number of nitrogens with one attached hydrogen (secondary N) is 2. The van der Waals surface area contributed by atoms with Crippen LogP contribution < -0.4 is 10.1 Å². The zero-order chi connectivity index (χ0) is 19.3. The average molecular weight is 371 g/mol. The topological polar surface area (TPSA) is 84.1 Å². The normalized spacial score (nSPS) is 10.6. The van der Waals surface area contributed by atoms with Crippen molar-refractivity contribution in [2.45, 2.75) is 6.61 Å². The van der Waals surface area contributed by atoms with Crippen LogP contribution in [-0.2, 0) is 11.4 Å². The number of aromatic amines is 1. The first kappa shape index (κ1) is 17.5. The van der Waals surface area contributed by atoms with Crippen molar-refractivity contribution in [3.05, 3.63) is 90.4 Å². The molecule has 0 radical (unpaired) electrons. The predicted octanol–water partition coefficient (Wildman–Crippen LogP) is 3.96. The number of ketones is 1. The summed E-state index contributed by atoms with van der Waals surface area (Å²) < 4.78 is 5.83. The monoisotopic (exact) mass is 371 g/mol. The Morgan fingerprint density at radius 3 is 2.57 bits per heavy atom. The standard InChI is InChI=1S/C22H17N3O3/c26-21(22(27)25-16-8-10-23-11-9-16)19-13-24-20-7-6-17(12-18(19)20)28-14-15-4-2-1-3-5-15/h1-13,24H,14H2,(H,23,25,27). The molecule has 2 N–H and O–H groups in total. The van der Waals surface area contributed by atoms with Crippen LogP contribution in [-0.4, -0.2) is 21.7 Å². The Hall–Kier alpha value is -3.93. The van der Waals surface area contributed by atoms with Gasteiger partial charge in [-0.1, -0.05) is 30.3 Å². The molecule has 0 saturated carbocycles. The van der Waals surface area contributed by atoms with Gasteiger partial charge in [-0.15, -0.1) is 0 Å². The molecule has 2 aromatic carbocycles. The van der Waals surface area contributed by atoms with Gasteiger partial charge in [-0.25, -0.2) is 0 Å². The summed E-state index contributed by atoms with van der Waals surface area (Å²) in [6.07, 6.45) is 4.63. The van der Waals surface area contributed by atoms with Crippen LogP contribution in [0.4, 0.5) is 5.69 Å². The number of rotatable bonds is 6. The Balaban J connectivity index is 1.54. The van der Waals surface area contributed by atoms with E-state index in [1.807, 2.05) is 42.5 Å². The Morgan fingerprint density at radius 1 is 1.00 bits per heavy atom. The summed E-state index contributed by atoms with van der Waals surface area (Å²) in [5.41, 5.74) is 2.61. The molecule has 0 aliphatic carbocycles. The number of fused-ring (bicyclic) bond motifs is 1. The third-order valence-electron chi connectivity index (χ3n) is 4.29. The molecule has 0 unspecified atom stereocenters. The van der Waals surface area contributed by atoms with Gasteiger partial charge in [0.05, 0.1) is 5.56 Å². The number of benzene rings is 2. The Bertz CT molecular complexity index is 1120. The van der Waals surface area contributed by atoms with Crippen LogP contribution in [0.3, 0.4) is 0 Å². The molecule has 0 bridgehead atoms. The maximum Gasteiger partial charge on any atom is 0.296 e. The number of amides is 1. The predicted molar refractivity (Wildman–Crippen MR) is 106 cm³/mol. The van der Waals surface area contributed by atoms with Gasteiger partial charge in [0, 0.05) is 35.2 Å². The highest BCUT2D eigenvalue weighted by molar-refractivity contribution is 6.48. The summed E-state index contributed by atoms with van der Waals surface area (Å²) in [6, 6.07) is 18.5. The quantitative estimate of drug-likeness (QED) is 0.397. The summed E-state index contributed by atoms with van der Waals surface area (Å²) in [5, 5.41) is 3.22. The van der Waals surface area contributed by atoms with E-state index in [2.05, 4.69) is 15.3 Å². The SMILES string of the molecule is O=C(Nc1ccncc1)C(=O)c1c[nH]c2ccc(OCc3ccccc3)cc12. The van der Waals surface area contributed by atoms with Crippen LogP contribution in [0.25, 0.3) is 10.9 Å². The van der Waals surface area contributed by atoms with Crippen molar-refractivity contribution in [2.75, 3.05) is 5.32 Å². The van der Waals surface area contributed by atoms with E-state index in [9.17, 15) is 9.59 Å². The second kappa shape index (κ2) is 7.75. The second-order valence-electron chi connectivity index (χ2n) is 6.20. The minimum atomic E-state index is -0.706.